The number of aromatic hydroxyl groups is 1. The number of nitriles is 1. The summed E-state index contributed by atoms with van der Waals surface area (Å²) in [6, 6.07) is 2.99. The van der Waals surface area contributed by atoms with E-state index in [-0.39, 0.29) is 49.1 Å². The molecule has 4 heterocycles. The number of methoxy groups -OCH3 is 1. The summed E-state index contributed by atoms with van der Waals surface area (Å²) in [7, 11) is 3.68. The van der Waals surface area contributed by atoms with Crippen molar-refractivity contribution in [1.29, 1.82) is 5.26 Å². The standard InChI is InChI=1S/C43H56N4O7/c1-24-17-28-19-30-32(21-44)47-31(38(46(30)3)36(28)43(40(24)51-4)54-35(49)16-15-26-11-7-5-8-12-26)20-29-37(42-41(52-23-53-42)25(2)39(29)50)33(47)22-45-34(48)18-27-13-9-6-10-14-27/h17,26-27,30-33,38,50H,5-16,18-20,22-23H2,1-4H3,(H,45,48)/t30-,31?,32-,33-,38-/m0/s1. The fraction of sp³-hybridized carbons (Fsp3) is 0.651. The fourth-order valence-electron chi connectivity index (χ4n) is 11.0. The third-order valence-corrected chi connectivity index (χ3v) is 13.7. The molecule has 11 nitrogen and oxygen atoms in total. The van der Waals surface area contributed by atoms with Crippen LogP contribution in [-0.2, 0) is 22.4 Å². The Hall–Kier alpha value is -4.01. The number of rotatable bonds is 9. The number of benzene rings is 2. The Labute approximate surface area is 319 Å². The second kappa shape index (κ2) is 15.3. The van der Waals surface area contributed by atoms with Gasteiger partial charge < -0.3 is 29.4 Å². The lowest BCUT2D eigenvalue weighted by molar-refractivity contribution is -0.135. The van der Waals surface area contributed by atoms with Crippen LogP contribution in [0.15, 0.2) is 6.07 Å². The van der Waals surface area contributed by atoms with Crippen LogP contribution in [0.1, 0.15) is 129 Å². The first kappa shape index (κ1) is 36.9. The van der Waals surface area contributed by atoms with Gasteiger partial charge in [0.2, 0.25) is 12.7 Å². The van der Waals surface area contributed by atoms with Crippen molar-refractivity contribution in [3.8, 4) is 34.8 Å². The third kappa shape index (κ3) is 6.47. The third-order valence-electron chi connectivity index (χ3n) is 13.7. The van der Waals surface area contributed by atoms with Gasteiger partial charge in [-0.15, -0.1) is 0 Å². The average molecular weight is 741 g/mol. The van der Waals surface area contributed by atoms with Crippen molar-refractivity contribution in [3.05, 3.63) is 39.4 Å². The molecule has 1 amide bonds. The van der Waals surface area contributed by atoms with Gasteiger partial charge in [0.05, 0.1) is 25.3 Å². The number of carbonyl (C=O) groups excluding carboxylic acids is 2. The molecule has 2 N–H and O–H groups in total. The number of aryl methyl sites for hydroxylation is 1. The van der Waals surface area contributed by atoms with Crippen molar-refractivity contribution in [3.63, 3.8) is 0 Å². The maximum atomic E-state index is 13.7. The minimum absolute atomic E-state index is 0.00605. The van der Waals surface area contributed by atoms with Crippen LogP contribution in [0.25, 0.3) is 0 Å². The summed E-state index contributed by atoms with van der Waals surface area (Å²) in [4.78, 5) is 31.8. The lowest BCUT2D eigenvalue weighted by Crippen LogP contribution is -2.68. The summed E-state index contributed by atoms with van der Waals surface area (Å²) in [5, 5.41) is 26.2. The summed E-state index contributed by atoms with van der Waals surface area (Å²) in [5.74, 6) is 2.93. The molecule has 11 heteroatoms. The number of hydrogen-bond acceptors (Lipinski definition) is 10. The van der Waals surface area contributed by atoms with Crippen molar-refractivity contribution in [1.82, 2.24) is 15.1 Å². The van der Waals surface area contributed by atoms with E-state index in [1.54, 1.807) is 7.11 Å². The number of ether oxygens (including phenoxy) is 4. The van der Waals surface area contributed by atoms with Crippen LogP contribution in [0.4, 0.5) is 0 Å². The smallest absolute Gasteiger partial charge is 0.311 e. The van der Waals surface area contributed by atoms with Crippen LogP contribution in [0.2, 0.25) is 0 Å². The number of likely N-dealkylation sites (N-methyl/N-ethyl adjacent to an activating group) is 1. The van der Waals surface area contributed by atoms with E-state index in [9.17, 15) is 20.0 Å². The molecule has 8 rings (SSSR count). The number of amides is 1. The fourth-order valence-corrected chi connectivity index (χ4v) is 11.0. The van der Waals surface area contributed by atoms with Gasteiger partial charge in [-0.1, -0.05) is 57.4 Å². The number of nitrogens with zero attached hydrogens (tertiary/aromatic N) is 3. The van der Waals surface area contributed by atoms with Crippen LogP contribution < -0.4 is 24.3 Å². The van der Waals surface area contributed by atoms with Gasteiger partial charge in [0, 0.05) is 53.7 Å². The Morgan fingerprint density at radius 2 is 1.67 bits per heavy atom. The second-order valence-corrected chi connectivity index (χ2v) is 16.8. The van der Waals surface area contributed by atoms with Gasteiger partial charge >= 0.3 is 5.97 Å². The second-order valence-electron chi connectivity index (χ2n) is 16.8. The number of phenols is 1. The molecule has 3 fully saturated rings. The van der Waals surface area contributed by atoms with E-state index in [4.69, 9.17) is 18.9 Å². The van der Waals surface area contributed by atoms with Gasteiger partial charge in [0.15, 0.2) is 23.0 Å². The monoisotopic (exact) mass is 740 g/mol. The highest BCUT2D eigenvalue weighted by Crippen LogP contribution is 2.58. The van der Waals surface area contributed by atoms with Crippen molar-refractivity contribution < 1.29 is 33.6 Å². The van der Waals surface area contributed by atoms with Gasteiger partial charge in [-0.05, 0) is 76.0 Å². The molecule has 54 heavy (non-hydrogen) atoms. The Morgan fingerprint density at radius 3 is 2.37 bits per heavy atom. The Morgan fingerprint density at radius 1 is 0.963 bits per heavy atom. The van der Waals surface area contributed by atoms with Crippen LogP contribution in [0.3, 0.4) is 0 Å². The summed E-state index contributed by atoms with van der Waals surface area (Å²) in [6.07, 6.45) is 14.4. The quantitative estimate of drug-likeness (QED) is 0.207. The number of carbonyl (C=O) groups is 2. The normalized spacial score (nSPS) is 26.6. The minimum atomic E-state index is -0.539. The topological polar surface area (TPSA) is 134 Å². The predicted octanol–water partition coefficient (Wildman–Crippen LogP) is 6.87. The first-order valence-corrected chi connectivity index (χ1v) is 20.4. The molecule has 1 saturated heterocycles. The van der Waals surface area contributed by atoms with E-state index in [2.05, 4.69) is 34.3 Å². The minimum Gasteiger partial charge on any atom is -0.507 e. The molecule has 4 aliphatic heterocycles. The first-order valence-electron chi connectivity index (χ1n) is 20.4. The molecule has 5 atom stereocenters. The molecule has 2 saturated carbocycles. The summed E-state index contributed by atoms with van der Waals surface area (Å²) in [5.41, 5.74) is 4.96. The number of phenolic OH excluding ortho intramolecular Hbond substituents is 1. The molecular weight excluding hydrogens is 684 g/mol. The zero-order valence-electron chi connectivity index (χ0n) is 32.4. The van der Waals surface area contributed by atoms with Gasteiger partial charge in [-0.3, -0.25) is 19.4 Å². The molecular formula is C43H56N4O7. The zero-order chi connectivity index (χ0) is 37.7. The number of esters is 1. The first-order chi connectivity index (χ1) is 26.2. The molecule has 0 radical (unpaired) electrons. The summed E-state index contributed by atoms with van der Waals surface area (Å²) >= 11 is 0. The molecule has 6 aliphatic rings. The molecule has 0 spiro atoms. The predicted molar refractivity (Wildman–Crippen MR) is 202 cm³/mol. The maximum Gasteiger partial charge on any atom is 0.311 e. The van der Waals surface area contributed by atoms with E-state index in [1.807, 2.05) is 13.8 Å². The van der Waals surface area contributed by atoms with Gasteiger partial charge in [0.25, 0.3) is 0 Å². The molecule has 2 bridgehead atoms. The number of piperazine rings is 1. The molecule has 290 valence electrons. The molecule has 2 aliphatic carbocycles. The van der Waals surface area contributed by atoms with E-state index in [0.29, 0.717) is 66.1 Å². The maximum absolute atomic E-state index is 13.7. The molecule has 2 aromatic carbocycles. The van der Waals surface area contributed by atoms with Gasteiger partial charge in [-0.2, -0.15) is 5.26 Å². The summed E-state index contributed by atoms with van der Waals surface area (Å²) < 4.78 is 24.5. The highest BCUT2D eigenvalue weighted by molar-refractivity contribution is 5.77. The van der Waals surface area contributed by atoms with Crippen LogP contribution in [0, 0.1) is 37.0 Å². The van der Waals surface area contributed by atoms with Crippen LogP contribution in [-0.4, -0.2) is 72.4 Å². The summed E-state index contributed by atoms with van der Waals surface area (Å²) in [6.45, 7) is 4.11. The van der Waals surface area contributed by atoms with Crippen LogP contribution in [0.5, 0.6) is 28.7 Å². The molecule has 0 aromatic heterocycles. The van der Waals surface area contributed by atoms with Crippen molar-refractivity contribution in [2.45, 2.75) is 140 Å². The van der Waals surface area contributed by atoms with Crippen molar-refractivity contribution in [2.75, 3.05) is 27.5 Å². The Bertz CT molecular complexity index is 1830. The van der Waals surface area contributed by atoms with E-state index in [1.165, 1.54) is 38.5 Å². The number of hydrogen-bond donors (Lipinski definition) is 2. The average Bonchev–Trinajstić information content (AvgIpc) is 3.67. The highest BCUT2D eigenvalue weighted by atomic mass is 16.7. The molecule has 1 unspecified atom stereocenters. The van der Waals surface area contributed by atoms with Crippen molar-refractivity contribution >= 4 is 11.9 Å². The lowest BCUT2D eigenvalue weighted by Gasteiger charge is -2.60. The Balaban J connectivity index is 1.20. The van der Waals surface area contributed by atoms with Crippen molar-refractivity contribution in [2.24, 2.45) is 11.8 Å². The van der Waals surface area contributed by atoms with Crippen LogP contribution >= 0.6 is 0 Å². The highest BCUT2D eigenvalue weighted by Gasteiger charge is 2.57. The number of nitrogens with one attached hydrogen (secondary N) is 1. The lowest BCUT2D eigenvalue weighted by atomic mass is 9.71. The number of fused-ring (bicyclic) bond motifs is 9. The van der Waals surface area contributed by atoms with E-state index < -0.39 is 12.1 Å². The zero-order valence-corrected chi connectivity index (χ0v) is 32.4. The Kier molecular flexibility index (Phi) is 10.4. The SMILES string of the molecule is COc1c(C)cc2c(c1OC(=O)CCC1CCCCC1)[C@@H]1C3Cc4c(O)c(C)c5c(c4[C@H](CNC(=O)CC4CCCCC4)N3[C@@H](C#N)[C@H](C2)N1C)OCO5. The largest absolute Gasteiger partial charge is 0.507 e. The van der Waals surface area contributed by atoms with E-state index >= 15 is 0 Å². The van der Waals surface area contributed by atoms with E-state index in [0.717, 1.165) is 59.9 Å². The molecule has 2 aromatic rings. The van der Waals surface area contributed by atoms with Gasteiger partial charge in [0.1, 0.15) is 11.8 Å². The van der Waals surface area contributed by atoms with Gasteiger partial charge in [-0.25, -0.2) is 0 Å².